The van der Waals surface area contributed by atoms with E-state index < -0.39 is 18.1 Å². The van der Waals surface area contributed by atoms with Crippen LogP contribution in [0.1, 0.15) is 78.6 Å². The summed E-state index contributed by atoms with van der Waals surface area (Å²) in [6.45, 7) is 5.76. The van der Waals surface area contributed by atoms with Gasteiger partial charge >= 0.3 is 5.97 Å². The summed E-state index contributed by atoms with van der Waals surface area (Å²) in [6.07, 6.45) is 7.48. The van der Waals surface area contributed by atoms with Gasteiger partial charge in [-0.2, -0.15) is 0 Å². The lowest BCUT2D eigenvalue weighted by Crippen LogP contribution is -2.55. The molecule has 2 fully saturated rings. The first kappa shape index (κ1) is 20.9. The Kier molecular flexibility index (Phi) is 7.62. The summed E-state index contributed by atoms with van der Waals surface area (Å²) in [5, 5.41) is 12.8. The molecule has 0 aromatic carbocycles. The fraction of sp³-hybridized carbons (Fsp3) is 0.850. The summed E-state index contributed by atoms with van der Waals surface area (Å²) in [5.74, 6) is -0.640. The molecule has 2 aliphatic rings. The van der Waals surface area contributed by atoms with Gasteiger partial charge in [0.1, 0.15) is 11.8 Å². The van der Waals surface area contributed by atoms with Crippen LogP contribution in [0.25, 0.3) is 0 Å². The lowest BCUT2D eigenvalue weighted by atomic mass is 9.84. The molecule has 1 saturated carbocycles. The van der Waals surface area contributed by atoms with Crippen LogP contribution in [0.3, 0.4) is 0 Å². The maximum Gasteiger partial charge on any atom is 0.326 e. The summed E-state index contributed by atoms with van der Waals surface area (Å²) in [5.41, 5.74) is 0. The van der Waals surface area contributed by atoms with Gasteiger partial charge in [-0.05, 0) is 44.9 Å². The van der Waals surface area contributed by atoms with Crippen LogP contribution in [0, 0.1) is 5.92 Å². The van der Waals surface area contributed by atoms with Gasteiger partial charge in [0.15, 0.2) is 0 Å². The number of aliphatic carboxylic acids is 1. The highest BCUT2D eigenvalue weighted by molar-refractivity contribution is 5.89. The molecule has 0 aromatic rings. The zero-order valence-electron chi connectivity index (χ0n) is 16.4. The number of rotatable bonds is 9. The Hall–Kier alpha value is -1.43. The smallest absolute Gasteiger partial charge is 0.326 e. The van der Waals surface area contributed by atoms with Gasteiger partial charge in [0.25, 0.3) is 0 Å². The number of nitrogens with zero attached hydrogens (tertiary/aromatic N) is 1. The third-order valence-corrected chi connectivity index (χ3v) is 5.91. The summed E-state index contributed by atoms with van der Waals surface area (Å²) >= 11 is 0. The van der Waals surface area contributed by atoms with E-state index in [0.717, 1.165) is 38.5 Å². The molecule has 0 radical (unpaired) electrons. The molecule has 2 rings (SSSR count). The fourth-order valence-electron chi connectivity index (χ4n) is 4.64. The van der Waals surface area contributed by atoms with Crippen LogP contribution in [-0.4, -0.2) is 51.8 Å². The molecule has 2 N–H and O–H groups in total. The molecule has 1 saturated heterocycles. The van der Waals surface area contributed by atoms with Crippen LogP contribution in [0.15, 0.2) is 0 Å². The Morgan fingerprint density at radius 1 is 1.15 bits per heavy atom. The van der Waals surface area contributed by atoms with Gasteiger partial charge < -0.3 is 10.0 Å². The van der Waals surface area contributed by atoms with Gasteiger partial charge in [-0.1, -0.05) is 33.1 Å². The van der Waals surface area contributed by atoms with E-state index in [1.807, 2.05) is 13.8 Å². The van der Waals surface area contributed by atoms with Crippen molar-refractivity contribution < 1.29 is 19.5 Å². The Morgan fingerprint density at radius 2 is 1.85 bits per heavy atom. The minimum Gasteiger partial charge on any atom is -0.480 e. The van der Waals surface area contributed by atoms with Crippen molar-refractivity contribution >= 4 is 17.7 Å². The van der Waals surface area contributed by atoms with Gasteiger partial charge in [0, 0.05) is 12.5 Å². The van der Waals surface area contributed by atoms with E-state index in [2.05, 4.69) is 5.32 Å². The standard InChI is InChI=1S/C20H34N2O4/c1-4-8-15(18(23)9-5-2)21-13(3)19(24)22-16-11-7-6-10-14(16)12-17(22)20(25)26/h13-17,21H,4-12H2,1-3H3,(H,25,26). The molecule has 0 bridgehead atoms. The number of carbonyl (C=O) groups is 3. The van der Waals surface area contributed by atoms with Crippen LogP contribution in [0.2, 0.25) is 0 Å². The molecule has 1 heterocycles. The SMILES string of the molecule is CCCC(=O)C(CCC)NC(C)C(=O)N1C(C(=O)O)CC2CCCCC21. The monoisotopic (exact) mass is 366 g/mol. The molecule has 1 aliphatic carbocycles. The third kappa shape index (κ3) is 4.64. The number of carboxylic acids is 1. The molecule has 0 aromatic heterocycles. The quantitative estimate of drug-likeness (QED) is 0.655. The second-order valence-electron chi connectivity index (χ2n) is 7.89. The third-order valence-electron chi connectivity index (χ3n) is 5.91. The van der Waals surface area contributed by atoms with Crippen molar-refractivity contribution in [3.05, 3.63) is 0 Å². The summed E-state index contributed by atoms with van der Waals surface area (Å²) < 4.78 is 0. The van der Waals surface area contributed by atoms with E-state index in [-0.39, 0.29) is 23.8 Å². The lowest BCUT2D eigenvalue weighted by molar-refractivity contribution is -0.150. The second kappa shape index (κ2) is 9.49. The number of ketones is 1. The van der Waals surface area contributed by atoms with Crippen LogP contribution in [0.4, 0.5) is 0 Å². The maximum absolute atomic E-state index is 13.1. The van der Waals surface area contributed by atoms with E-state index in [9.17, 15) is 19.5 Å². The van der Waals surface area contributed by atoms with Gasteiger partial charge in [-0.25, -0.2) is 4.79 Å². The number of carbonyl (C=O) groups excluding carboxylic acids is 2. The number of fused-ring (bicyclic) bond motifs is 1. The number of hydrogen-bond acceptors (Lipinski definition) is 4. The molecule has 5 atom stereocenters. The van der Waals surface area contributed by atoms with Crippen molar-refractivity contribution in [2.24, 2.45) is 5.92 Å². The summed E-state index contributed by atoms with van der Waals surface area (Å²) in [4.78, 5) is 38.8. The Morgan fingerprint density at radius 3 is 2.46 bits per heavy atom. The first-order chi connectivity index (χ1) is 12.4. The zero-order chi connectivity index (χ0) is 19.3. The number of nitrogens with one attached hydrogen (secondary N) is 1. The second-order valence-corrected chi connectivity index (χ2v) is 7.89. The Labute approximate surface area is 156 Å². The first-order valence-electron chi connectivity index (χ1n) is 10.2. The average molecular weight is 367 g/mol. The van der Waals surface area contributed by atoms with Crippen LogP contribution >= 0.6 is 0 Å². The molecule has 1 aliphatic heterocycles. The van der Waals surface area contributed by atoms with Crippen molar-refractivity contribution in [1.29, 1.82) is 0 Å². The van der Waals surface area contributed by atoms with Gasteiger partial charge in [-0.15, -0.1) is 0 Å². The van der Waals surface area contributed by atoms with Crippen molar-refractivity contribution in [2.45, 2.75) is 103 Å². The highest BCUT2D eigenvalue weighted by Gasteiger charge is 2.48. The summed E-state index contributed by atoms with van der Waals surface area (Å²) in [7, 11) is 0. The Balaban J connectivity index is 2.10. The number of hydrogen-bond donors (Lipinski definition) is 2. The minimum atomic E-state index is -0.910. The fourth-order valence-corrected chi connectivity index (χ4v) is 4.64. The predicted octanol–water partition coefficient (Wildman–Crippen LogP) is 2.75. The normalized spacial score (nSPS) is 27.7. The largest absolute Gasteiger partial charge is 0.480 e. The lowest BCUT2D eigenvalue weighted by Gasteiger charge is -2.35. The predicted molar refractivity (Wildman–Crippen MR) is 99.8 cm³/mol. The molecule has 6 nitrogen and oxygen atoms in total. The highest BCUT2D eigenvalue weighted by Crippen LogP contribution is 2.40. The number of Topliss-reactive ketones (excluding diaryl/α,β-unsaturated/α-hetero) is 1. The topological polar surface area (TPSA) is 86.7 Å². The molecule has 0 spiro atoms. The van der Waals surface area contributed by atoms with Crippen LogP contribution in [-0.2, 0) is 14.4 Å². The van der Waals surface area contributed by atoms with Gasteiger partial charge in [0.05, 0.1) is 12.1 Å². The highest BCUT2D eigenvalue weighted by atomic mass is 16.4. The van der Waals surface area contributed by atoms with Gasteiger partial charge in [-0.3, -0.25) is 14.9 Å². The molecule has 6 heteroatoms. The molecule has 1 amide bonds. The van der Waals surface area contributed by atoms with E-state index in [4.69, 9.17) is 0 Å². The summed E-state index contributed by atoms with van der Waals surface area (Å²) in [6, 6.07) is -1.56. The van der Waals surface area contributed by atoms with E-state index >= 15 is 0 Å². The molecule has 5 unspecified atom stereocenters. The minimum absolute atomic E-state index is 0.0394. The zero-order valence-corrected chi connectivity index (χ0v) is 16.4. The first-order valence-corrected chi connectivity index (χ1v) is 10.2. The Bertz CT molecular complexity index is 522. The maximum atomic E-state index is 13.1. The molecule has 148 valence electrons. The number of carboxylic acid groups (broad SMARTS) is 1. The molecular formula is C20H34N2O4. The van der Waals surface area contributed by atoms with Crippen molar-refractivity contribution in [3.63, 3.8) is 0 Å². The van der Waals surface area contributed by atoms with E-state index in [0.29, 0.717) is 25.2 Å². The van der Waals surface area contributed by atoms with Crippen molar-refractivity contribution in [2.75, 3.05) is 0 Å². The number of amides is 1. The van der Waals surface area contributed by atoms with E-state index in [1.54, 1.807) is 11.8 Å². The number of likely N-dealkylation sites (tertiary alicyclic amines) is 1. The van der Waals surface area contributed by atoms with Crippen LogP contribution in [0.5, 0.6) is 0 Å². The van der Waals surface area contributed by atoms with Crippen molar-refractivity contribution in [1.82, 2.24) is 10.2 Å². The van der Waals surface area contributed by atoms with E-state index in [1.165, 1.54) is 0 Å². The molecular weight excluding hydrogens is 332 g/mol. The molecule has 26 heavy (non-hydrogen) atoms. The average Bonchev–Trinajstić information content (AvgIpc) is 3.00. The van der Waals surface area contributed by atoms with Gasteiger partial charge in [0.2, 0.25) is 5.91 Å². The van der Waals surface area contributed by atoms with Crippen LogP contribution < -0.4 is 5.32 Å². The van der Waals surface area contributed by atoms with Crippen molar-refractivity contribution in [3.8, 4) is 0 Å².